The molecule has 0 aliphatic heterocycles. The van der Waals surface area contributed by atoms with Crippen molar-refractivity contribution in [2.75, 3.05) is 7.11 Å². The molecule has 0 unspecified atom stereocenters. The Hall–Kier alpha value is -2.67. The molecule has 0 fully saturated rings. The van der Waals surface area contributed by atoms with Gasteiger partial charge in [-0.2, -0.15) is 5.10 Å². The second kappa shape index (κ2) is 7.48. The van der Waals surface area contributed by atoms with Crippen LogP contribution in [0.15, 0.2) is 36.7 Å². The molecule has 1 amide bonds. The quantitative estimate of drug-likeness (QED) is 0.736. The van der Waals surface area contributed by atoms with Crippen molar-refractivity contribution in [1.29, 1.82) is 0 Å². The van der Waals surface area contributed by atoms with Gasteiger partial charge < -0.3 is 10.1 Å². The summed E-state index contributed by atoms with van der Waals surface area (Å²) in [6, 6.07) is 9.77. The summed E-state index contributed by atoms with van der Waals surface area (Å²) >= 11 is 1.49. The van der Waals surface area contributed by atoms with Gasteiger partial charge in [0.25, 0.3) is 5.91 Å². The molecular weight excluding hydrogens is 336 g/mol. The van der Waals surface area contributed by atoms with E-state index in [1.165, 1.54) is 17.7 Å². The number of carbonyl (C=O) groups is 1. The molecular formula is C18H20N4O2S. The molecule has 2 aromatic heterocycles. The van der Waals surface area contributed by atoms with Gasteiger partial charge in [0.15, 0.2) is 0 Å². The van der Waals surface area contributed by atoms with Crippen LogP contribution in [0.25, 0.3) is 11.1 Å². The fourth-order valence-electron chi connectivity index (χ4n) is 2.59. The number of aromatic nitrogens is 3. The largest absolute Gasteiger partial charge is 0.497 e. The van der Waals surface area contributed by atoms with Gasteiger partial charge in [-0.1, -0.05) is 12.1 Å². The average molecular weight is 356 g/mol. The van der Waals surface area contributed by atoms with Crippen molar-refractivity contribution in [3.8, 4) is 16.9 Å². The monoisotopic (exact) mass is 356 g/mol. The van der Waals surface area contributed by atoms with Crippen molar-refractivity contribution in [2.45, 2.75) is 26.9 Å². The number of nitrogens with one attached hydrogen (secondary N) is 1. The maximum absolute atomic E-state index is 12.5. The van der Waals surface area contributed by atoms with Crippen LogP contribution in [0.3, 0.4) is 0 Å². The number of methoxy groups -OCH3 is 1. The van der Waals surface area contributed by atoms with E-state index in [2.05, 4.69) is 15.4 Å². The van der Waals surface area contributed by atoms with Gasteiger partial charge in [-0.05, 0) is 43.2 Å². The lowest BCUT2D eigenvalue weighted by molar-refractivity contribution is 0.0953. The minimum absolute atomic E-state index is 0.0986. The summed E-state index contributed by atoms with van der Waals surface area (Å²) in [6.45, 7) is 5.10. The summed E-state index contributed by atoms with van der Waals surface area (Å²) in [5.41, 5.74) is 2.13. The number of carbonyl (C=O) groups excluding carboxylic acids is 1. The number of aryl methyl sites for hydroxylation is 2. The molecule has 0 atom stereocenters. The number of rotatable bonds is 6. The van der Waals surface area contributed by atoms with Crippen molar-refractivity contribution < 1.29 is 9.53 Å². The number of thiophene rings is 1. The summed E-state index contributed by atoms with van der Waals surface area (Å²) < 4.78 is 6.96. The SMILES string of the molecule is CCn1ncnc1CNC(=O)c1cc(-c2ccc(OC)cc2)c(C)s1. The molecule has 6 nitrogen and oxygen atoms in total. The van der Waals surface area contributed by atoms with E-state index >= 15 is 0 Å². The first-order valence-electron chi connectivity index (χ1n) is 8.02. The molecule has 0 saturated carbocycles. The fraction of sp³-hybridized carbons (Fsp3) is 0.278. The number of hydrogen-bond donors (Lipinski definition) is 1. The van der Waals surface area contributed by atoms with E-state index < -0.39 is 0 Å². The lowest BCUT2D eigenvalue weighted by atomic mass is 10.1. The van der Waals surface area contributed by atoms with Crippen molar-refractivity contribution in [1.82, 2.24) is 20.1 Å². The molecule has 3 rings (SSSR count). The first kappa shape index (κ1) is 17.2. The molecule has 1 N–H and O–H groups in total. The van der Waals surface area contributed by atoms with Crippen molar-refractivity contribution in [3.05, 3.63) is 52.2 Å². The average Bonchev–Trinajstić information content (AvgIpc) is 3.26. The van der Waals surface area contributed by atoms with E-state index in [1.54, 1.807) is 11.8 Å². The van der Waals surface area contributed by atoms with E-state index in [4.69, 9.17) is 4.74 Å². The molecule has 2 heterocycles. The second-order valence-corrected chi connectivity index (χ2v) is 6.74. The van der Waals surface area contributed by atoms with Gasteiger partial charge >= 0.3 is 0 Å². The standard InChI is InChI=1S/C18H20N4O2S/c1-4-22-17(20-11-21-22)10-19-18(23)16-9-15(12(2)25-16)13-5-7-14(24-3)8-6-13/h5-9,11H,4,10H2,1-3H3,(H,19,23). The maximum Gasteiger partial charge on any atom is 0.261 e. The van der Waals surface area contributed by atoms with Crippen LogP contribution in [0.2, 0.25) is 0 Å². The van der Waals surface area contributed by atoms with Crippen LogP contribution in [0, 0.1) is 6.92 Å². The van der Waals surface area contributed by atoms with Crippen LogP contribution in [-0.2, 0) is 13.1 Å². The Morgan fingerprint density at radius 3 is 2.76 bits per heavy atom. The molecule has 0 aliphatic carbocycles. The van der Waals surface area contributed by atoms with Crippen LogP contribution in [0.5, 0.6) is 5.75 Å². The van der Waals surface area contributed by atoms with E-state index in [9.17, 15) is 4.79 Å². The third-order valence-corrected chi connectivity index (χ3v) is 4.99. The van der Waals surface area contributed by atoms with Crippen molar-refractivity contribution >= 4 is 17.2 Å². The zero-order valence-corrected chi connectivity index (χ0v) is 15.3. The van der Waals surface area contributed by atoms with Crippen LogP contribution in [0.1, 0.15) is 27.3 Å². The number of nitrogens with zero attached hydrogens (tertiary/aromatic N) is 3. The van der Waals surface area contributed by atoms with Crippen LogP contribution in [-0.4, -0.2) is 27.8 Å². The van der Waals surface area contributed by atoms with Crippen molar-refractivity contribution in [2.24, 2.45) is 0 Å². The number of benzene rings is 1. The van der Waals surface area contributed by atoms with Gasteiger partial charge in [0.05, 0.1) is 18.5 Å². The molecule has 0 spiro atoms. The molecule has 25 heavy (non-hydrogen) atoms. The highest BCUT2D eigenvalue weighted by Gasteiger charge is 2.14. The van der Waals surface area contributed by atoms with Gasteiger partial charge in [0.2, 0.25) is 0 Å². The van der Waals surface area contributed by atoms with Crippen LogP contribution in [0.4, 0.5) is 0 Å². The lowest BCUT2D eigenvalue weighted by Gasteiger charge is -2.04. The third kappa shape index (κ3) is 3.71. The topological polar surface area (TPSA) is 69.0 Å². The summed E-state index contributed by atoms with van der Waals surface area (Å²) in [7, 11) is 1.65. The summed E-state index contributed by atoms with van der Waals surface area (Å²) in [6.07, 6.45) is 1.50. The number of hydrogen-bond acceptors (Lipinski definition) is 5. The van der Waals surface area contributed by atoms with Crippen molar-refractivity contribution in [3.63, 3.8) is 0 Å². The highest BCUT2D eigenvalue weighted by atomic mass is 32.1. The van der Waals surface area contributed by atoms with Gasteiger partial charge in [-0.15, -0.1) is 11.3 Å². The van der Waals surface area contributed by atoms with E-state index in [0.29, 0.717) is 11.4 Å². The van der Waals surface area contributed by atoms with Gasteiger partial charge in [0.1, 0.15) is 17.9 Å². The summed E-state index contributed by atoms with van der Waals surface area (Å²) in [4.78, 5) is 18.4. The Kier molecular flexibility index (Phi) is 5.14. The smallest absolute Gasteiger partial charge is 0.261 e. The van der Waals surface area contributed by atoms with Gasteiger partial charge in [-0.25, -0.2) is 9.67 Å². The molecule has 0 bridgehead atoms. The Labute approximate surface area is 150 Å². The minimum atomic E-state index is -0.0986. The Morgan fingerprint density at radius 1 is 1.32 bits per heavy atom. The molecule has 0 radical (unpaired) electrons. The minimum Gasteiger partial charge on any atom is -0.497 e. The first-order valence-corrected chi connectivity index (χ1v) is 8.83. The Bertz CT molecular complexity index is 868. The predicted molar refractivity (Wildman–Crippen MR) is 97.9 cm³/mol. The molecule has 7 heteroatoms. The molecule has 0 saturated heterocycles. The maximum atomic E-state index is 12.5. The lowest BCUT2D eigenvalue weighted by Crippen LogP contribution is -2.24. The molecule has 1 aromatic carbocycles. The van der Waals surface area contributed by atoms with Gasteiger partial charge in [0, 0.05) is 11.4 Å². The van der Waals surface area contributed by atoms with E-state index in [0.717, 1.165) is 34.1 Å². The first-order chi connectivity index (χ1) is 12.1. The molecule has 0 aliphatic rings. The summed E-state index contributed by atoms with van der Waals surface area (Å²) in [5.74, 6) is 1.47. The fourth-order valence-corrected chi connectivity index (χ4v) is 3.55. The highest BCUT2D eigenvalue weighted by molar-refractivity contribution is 7.14. The zero-order valence-electron chi connectivity index (χ0n) is 14.4. The third-order valence-electron chi connectivity index (χ3n) is 3.94. The highest BCUT2D eigenvalue weighted by Crippen LogP contribution is 2.32. The number of ether oxygens (including phenoxy) is 1. The van der Waals surface area contributed by atoms with Crippen LogP contribution >= 0.6 is 11.3 Å². The summed E-state index contributed by atoms with van der Waals surface area (Å²) in [5, 5.41) is 7.02. The van der Waals surface area contributed by atoms with E-state index in [1.807, 2.05) is 44.2 Å². The van der Waals surface area contributed by atoms with E-state index in [-0.39, 0.29) is 5.91 Å². The second-order valence-electron chi connectivity index (χ2n) is 5.48. The Morgan fingerprint density at radius 2 is 2.08 bits per heavy atom. The normalized spacial score (nSPS) is 10.7. The zero-order chi connectivity index (χ0) is 17.8. The predicted octanol–water partition coefficient (Wildman–Crippen LogP) is 3.27. The molecule has 130 valence electrons. The van der Waals surface area contributed by atoms with Crippen LogP contribution < -0.4 is 10.1 Å². The van der Waals surface area contributed by atoms with Gasteiger partial charge in [-0.3, -0.25) is 4.79 Å². The Balaban J connectivity index is 1.73. The number of amides is 1. The molecule has 3 aromatic rings.